The number of pyridine rings is 1. The zero-order valence-electron chi connectivity index (χ0n) is 9.66. The first-order valence-corrected chi connectivity index (χ1v) is 6.07. The third-order valence-corrected chi connectivity index (χ3v) is 2.78. The average molecular weight is 300 g/mol. The van der Waals surface area contributed by atoms with Crippen LogP contribution in [0, 0.1) is 0 Å². The van der Waals surface area contributed by atoms with E-state index in [2.05, 4.69) is 26.2 Å². The Labute approximate surface area is 108 Å². The van der Waals surface area contributed by atoms with Crippen LogP contribution in [0.1, 0.15) is 20.3 Å². The Balaban J connectivity index is 2.21. The molecule has 1 aliphatic rings. The van der Waals surface area contributed by atoms with E-state index in [0.717, 1.165) is 0 Å². The molecule has 0 spiro atoms. The molecule has 6 heteroatoms. The first kappa shape index (κ1) is 12.3. The second-order valence-electron chi connectivity index (χ2n) is 4.77. The van der Waals surface area contributed by atoms with Gasteiger partial charge in [0.05, 0.1) is 0 Å². The molecule has 0 saturated heterocycles. The van der Waals surface area contributed by atoms with Gasteiger partial charge in [0, 0.05) is 12.0 Å². The molecular formula is C11H14BrN3O2. The van der Waals surface area contributed by atoms with E-state index in [-0.39, 0.29) is 5.91 Å². The molecule has 0 radical (unpaired) electrons. The minimum absolute atomic E-state index is 0.207. The topological polar surface area (TPSA) is 77.2 Å². The van der Waals surface area contributed by atoms with Crippen molar-refractivity contribution >= 4 is 27.7 Å². The molecule has 1 amide bonds. The number of fused-ring (bicyclic) bond motifs is 1. The molecule has 3 N–H and O–H groups in total. The summed E-state index contributed by atoms with van der Waals surface area (Å²) < 4.78 is 6.25. The molecule has 17 heavy (non-hydrogen) atoms. The molecule has 5 nitrogen and oxygen atoms in total. The highest BCUT2D eigenvalue weighted by atomic mass is 79.9. The summed E-state index contributed by atoms with van der Waals surface area (Å²) in [7, 11) is 0. The molecule has 0 aromatic carbocycles. The van der Waals surface area contributed by atoms with Crippen LogP contribution in [0.15, 0.2) is 16.7 Å². The summed E-state index contributed by atoms with van der Waals surface area (Å²) in [5, 5.41) is 2.71. The number of nitrogens with one attached hydrogen (secondary N) is 1. The fourth-order valence-corrected chi connectivity index (χ4v) is 1.93. The SMILES string of the molecule is CC(C)(N)CC1Oc2ccc(Br)nc2NC1=O. The van der Waals surface area contributed by atoms with Gasteiger partial charge >= 0.3 is 0 Å². The van der Waals surface area contributed by atoms with Gasteiger partial charge in [-0.25, -0.2) is 4.98 Å². The number of rotatable bonds is 2. The molecule has 2 rings (SSSR count). The number of nitrogens with two attached hydrogens (primary N) is 1. The Bertz CT molecular complexity index is 457. The van der Waals surface area contributed by atoms with Crippen molar-refractivity contribution in [2.45, 2.75) is 31.9 Å². The van der Waals surface area contributed by atoms with E-state index < -0.39 is 11.6 Å². The van der Waals surface area contributed by atoms with Crippen LogP contribution >= 0.6 is 15.9 Å². The van der Waals surface area contributed by atoms with Crippen molar-refractivity contribution in [1.29, 1.82) is 0 Å². The van der Waals surface area contributed by atoms with Crippen molar-refractivity contribution in [3.63, 3.8) is 0 Å². The number of carbonyl (C=O) groups excluding carboxylic acids is 1. The average Bonchev–Trinajstić information content (AvgIpc) is 2.17. The Morgan fingerprint density at radius 2 is 2.29 bits per heavy atom. The van der Waals surface area contributed by atoms with Gasteiger partial charge in [0.1, 0.15) is 4.60 Å². The summed E-state index contributed by atoms with van der Waals surface area (Å²) in [4.78, 5) is 15.9. The summed E-state index contributed by atoms with van der Waals surface area (Å²) in [5.74, 6) is 0.805. The van der Waals surface area contributed by atoms with Crippen LogP contribution in [0.4, 0.5) is 5.82 Å². The predicted octanol–water partition coefficient (Wildman–Crippen LogP) is 1.67. The highest BCUT2D eigenvalue weighted by Crippen LogP contribution is 2.30. The molecule has 2 heterocycles. The second kappa shape index (κ2) is 4.27. The summed E-state index contributed by atoms with van der Waals surface area (Å²) in [5.41, 5.74) is 5.43. The zero-order chi connectivity index (χ0) is 12.6. The first-order chi connectivity index (χ1) is 7.85. The zero-order valence-corrected chi connectivity index (χ0v) is 11.2. The summed E-state index contributed by atoms with van der Waals surface area (Å²) in [6.45, 7) is 3.72. The molecule has 0 saturated carbocycles. The maximum atomic E-state index is 11.8. The van der Waals surface area contributed by atoms with Crippen LogP contribution in [0.5, 0.6) is 5.75 Å². The van der Waals surface area contributed by atoms with Crippen molar-refractivity contribution in [2.75, 3.05) is 5.32 Å². The molecule has 1 aliphatic heterocycles. The molecule has 1 atom stereocenters. The quantitative estimate of drug-likeness (QED) is 0.815. The highest BCUT2D eigenvalue weighted by Gasteiger charge is 2.32. The first-order valence-electron chi connectivity index (χ1n) is 5.28. The molecule has 1 unspecified atom stereocenters. The van der Waals surface area contributed by atoms with E-state index in [1.54, 1.807) is 12.1 Å². The maximum absolute atomic E-state index is 11.8. The second-order valence-corrected chi connectivity index (χ2v) is 5.58. The van der Waals surface area contributed by atoms with Gasteiger partial charge < -0.3 is 15.8 Å². The molecule has 92 valence electrons. The highest BCUT2D eigenvalue weighted by molar-refractivity contribution is 9.10. The normalized spacial score (nSPS) is 19.3. The molecule has 1 aromatic heterocycles. The Morgan fingerprint density at radius 1 is 1.59 bits per heavy atom. The minimum Gasteiger partial charge on any atom is -0.477 e. The standard InChI is InChI=1S/C11H14BrN3O2/c1-11(2,13)5-7-10(16)15-9-6(17-7)3-4-8(12)14-9/h3-4,7H,5,13H2,1-2H3,(H,14,15,16). The van der Waals surface area contributed by atoms with Crippen molar-refractivity contribution in [1.82, 2.24) is 4.98 Å². The van der Waals surface area contributed by atoms with Crippen LogP contribution in [0.25, 0.3) is 0 Å². The van der Waals surface area contributed by atoms with E-state index in [1.807, 2.05) is 13.8 Å². The number of halogens is 1. The lowest BCUT2D eigenvalue weighted by atomic mass is 9.97. The fraction of sp³-hybridized carbons (Fsp3) is 0.455. The van der Waals surface area contributed by atoms with Crippen molar-refractivity contribution < 1.29 is 9.53 Å². The predicted molar refractivity (Wildman–Crippen MR) is 67.9 cm³/mol. The molecule has 0 bridgehead atoms. The van der Waals surface area contributed by atoms with Gasteiger partial charge in [-0.1, -0.05) is 0 Å². The van der Waals surface area contributed by atoms with Crippen molar-refractivity contribution in [3.05, 3.63) is 16.7 Å². The molecule has 0 aliphatic carbocycles. The van der Waals surface area contributed by atoms with Crippen LogP contribution in [-0.4, -0.2) is 22.5 Å². The van der Waals surface area contributed by atoms with Crippen LogP contribution in [0.3, 0.4) is 0 Å². The third-order valence-electron chi connectivity index (χ3n) is 2.34. The number of anilines is 1. The number of amides is 1. The Hall–Kier alpha value is -1.14. The lowest BCUT2D eigenvalue weighted by Crippen LogP contribution is -2.45. The molecular weight excluding hydrogens is 286 g/mol. The lowest BCUT2D eigenvalue weighted by Gasteiger charge is -2.29. The molecule has 0 fully saturated rings. The van der Waals surface area contributed by atoms with Crippen molar-refractivity contribution in [2.24, 2.45) is 5.73 Å². The number of nitrogens with zero attached hydrogens (tertiary/aromatic N) is 1. The van der Waals surface area contributed by atoms with E-state index in [0.29, 0.717) is 22.6 Å². The van der Waals surface area contributed by atoms with Gasteiger partial charge in [-0.3, -0.25) is 4.79 Å². The van der Waals surface area contributed by atoms with Gasteiger partial charge in [0.15, 0.2) is 17.7 Å². The van der Waals surface area contributed by atoms with Crippen LogP contribution in [-0.2, 0) is 4.79 Å². The van der Waals surface area contributed by atoms with Gasteiger partial charge in [0.2, 0.25) is 0 Å². The summed E-state index contributed by atoms with van der Waals surface area (Å²) >= 11 is 3.24. The number of aromatic nitrogens is 1. The van der Waals surface area contributed by atoms with E-state index in [9.17, 15) is 4.79 Å². The lowest BCUT2D eigenvalue weighted by molar-refractivity contribution is -0.124. The fourth-order valence-electron chi connectivity index (χ4n) is 1.62. The molecule has 1 aromatic rings. The van der Waals surface area contributed by atoms with E-state index >= 15 is 0 Å². The third kappa shape index (κ3) is 2.95. The Kier molecular flexibility index (Phi) is 3.09. The number of hydrogen-bond donors (Lipinski definition) is 2. The van der Waals surface area contributed by atoms with Gasteiger partial charge in [-0.15, -0.1) is 0 Å². The van der Waals surface area contributed by atoms with Gasteiger partial charge in [0.25, 0.3) is 5.91 Å². The van der Waals surface area contributed by atoms with E-state index in [4.69, 9.17) is 10.5 Å². The smallest absolute Gasteiger partial charge is 0.266 e. The minimum atomic E-state index is -0.564. The van der Waals surface area contributed by atoms with Gasteiger partial charge in [-0.2, -0.15) is 0 Å². The van der Waals surface area contributed by atoms with Crippen LogP contribution < -0.4 is 15.8 Å². The largest absolute Gasteiger partial charge is 0.477 e. The van der Waals surface area contributed by atoms with Crippen molar-refractivity contribution in [3.8, 4) is 5.75 Å². The number of ether oxygens (including phenoxy) is 1. The maximum Gasteiger partial charge on any atom is 0.266 e. The monoisotopic (exact) mass is 299 g/mol. The van der Waals surface area contributed by atoms with E-state index in [1.165, 1.54) is 0 Å². The summed E-state index contributed by atoms with van der Waals surface area (Å²) in [6, 6.07) is 3.53. The van der Waals surface area contributed by atoms with Gasteiger partial charge in [-0.05, 0) is 41.9 Å². The Morgan fingerprint density at radius 3 is 2.94 bits per heavy atom. The van der Waals surface area contributed by atoms with Crippen LogP contribution in [0.2, 0.25) is 0 Å². The number of hydrogen-bond acceptors (Lipinski definition) is 4. The number of carbonyl (C=O) groups is 1. The summed E-state index contributed by atoms with van der Waals surface area (Å²) in [6.07, 6.45) is -0.112.